The molecule has 266 valence electrons. The summed E-state index contributed by atoms with van der Waals surface area (Å²) in [7, 11) is -9.28. The molecule has 0 bridgehead atoms. The maximum Gasteiger partial charge on any atom is 1.00 e. The largest absolute Gasteiger partial charge is 1.00 e. The van der Waals surface area contributed by atoms with Gasteiger partial charge in [0.25, 0.3) is 19.5 Å². The Morgan fingerprint density at radius 3 is 2.51 bits per heavy atom. The molecule has 25 heteroatoms. The number of aliphatic hydroxyl groups excluding tert-OH is 1. The third kappa shape index (κ3) is 9.81. The van der Waals surface area contributed by atoms with E-state index in [-0.39, 0.29) is 87.5 Å². The molecular weight excluding hydrogens is 740 g/mol. The van der Waals surface area contributed by atoms with Crippen LogP contribution in [-0.4, -0.2) is 65.6 Å². The molecule has 0 spiro atoms. The number of aromatic nitrogens is 6. The van der Waals surface area contributed by atoms with E-state index < -0.39 is 75.8 Å². The van der Waals surface area contributed by atoms with Crippen molar-refractivity contribution in [1.29, 1.82) is 0 Å². The SMILES string of the molecule is Cn1c[n+]([C@@H]2O[C@H](COP(=O)([O-])OP(=O)([O-])n3ccnc3)C(O)[C@@H]2OCOC(c2ccccc2[N+](=O)[O-])C(C)(C)C)c2nc(N)nc([O-])c21.[Na+].[Na+]. The molecule has 1 aliphatic rings. The number of para-hydroxylation sites is 1. The third-order valence-corrected chi connectivity index (χ3v) is 10.3. The summed E-state index contributed by atoms with van der Waals surface area (Å²) in [6, 6.07) is 6.02. The Bertz CT molecular complexity index is 1930. The Hall–Kier alpha value is -1.88. The van der Waals surface area contributed by atoms with Crippen LogP contribution in [0.2, 0.25) is 0 Å². The second-order valence-corrected chi connectivity index (χ2v) is 15.2. The quantitative estimate of drug-likeness (QED) is 0.0319. The molecule has 0 amide bonds. The van der Waals surface area contributed by atoms with E-state index in [4.69, 9.17) is 24.5 Å². The summed E-state index contributed by atoms with van der Waals surface area (Å²) in [4.78, 5) is 47.3. The first-order valence-electron chi connectivity index (χ1n) is 14.4. The average molecular weight is 773 g/mol. The van der Waals surface area contributed by atoms with Gasteiger partial charge in [-0.1, -0.05) is 37.9 Å². The molecule has 21 nitrogen and oxygen atoms in total. The maximum atomic E-state index is 12.6. The van der Waals surface area contributed by atoms with Crippen LogP contribution in [0.5, 0.6) is 5.88 Å². The van der Waals surface area contributed by atoms with Crippen LogP contribution >= 0.6 is 15.6 Å². The van der Waals surface area contributed by atoms with E-state index in [1.54, 1.807) is 32.9 Å². The molecule has 1 aromatic carbocycles. The Morgan fingerprint density at radius 1 is 1.20 bits per heavy atom. The minimum absolute atomic E-state index is 0. The number of aryl methyl sites for hydroxylation is 1. The van der Waals surface area contributed by atoms with E-state index in [1.807, 2.05) is 0 Å². The molecule has 4 unspecified atom stereocenters. The Labute approximate surface area is 334 Å². The summed E-state index contributed by atoms with van der Waals surface area (Å²) in [6.07, 6.45) is -2.57. The fourth-order valence-corrected chi connectivity index (χ4v) is 7.57. The molecule has 1 aliphatic heterocycles. The smallest absolute Gasteiger partial charge is 0.856 e. The first-order valence-corrected chi connectivity index (χ1v) is 17.3. The number of phosphoric acid groups is 1. The number of anilines is 1. The van der Waals surface area contributed by atoms with Crippen molar-refractivity contribution in [3.63, 3.8) is 0 Å². The molecule has 1 fully saturated rings. The van der Waals surface area contributed by atoms with Crippen molar-refractivity contribution in [2.75, 3.05) is 19.1 Å². The fourth-order valence-electron chi connectivity index (χ4n) is 5.29. The van der Waals surface area contributed by atoms with Crippen molar-refractivity contribution in [2.45, 2.75) is 51.4 Å². The number of nitrogens with two attached hydrogens (primary N) is 1. The summed E-state index contributed by atoms with van der Waals surface area (Å²) in [5.41, 5.74) is 5.11. The summed E-state index contributed by atoms with van der Waals surface area (Å²) in [5, 5.41) is 35.7. The second kappa shape index (κ2) is 17.1. The molecule has 51 heavy (non-hydrogen) atoms. The fraction of sp³-hybridized carbons (Fsp3) is 0.462. The van der Waals surface area contributed by atoms with Gasteiger partial charge in [-0.05, 0) is 11.5 Å². The Balaban J connectivity index is 0.00000351. The maximum absolute atomic E-state index is 12.6. The van der Waals surface area contributed by atoms with Crippen LogP contribution in [-0.2, 0) is 39.2 Å². The van der Waals surface area contributed by atoms with E-state index in [2.05, 4.69) is 19.3 Å². The topological polar surface area (TPSA) is 291 Å². The van der Waals surface area contributed by atoms with Crippen LogP contribution in [0.4, 0.5) is 11.6 Å². The number of fused-ring (bicyclic) bond motifs is 1. The number of nitrogen functional groups attached to an aromatic ring is 1. The molecular formula is C26H32N8Na2O13P2. The van der Waals surface area contributed by atoms with Gasteiger partial charge >= 0.3 is 64.8 Å². The summed E-state index contributed by atoms with van der Waals surface area (Å²) in [6.45, 7) is 3.88. The molecule has 7 atom stereocenters. The van der Waals surface area contributed by atoms with Gasteiger partial charge in [0.15, 0.2) is 11.8 Å². The monoisotopic (exact) mass is 772 g/mol. The second-order valence-electron chi connectivity index (χ2n) is 12.0. The van der Waals surface area contributed by atoms with Crippen LogP contribution < -0.4 is 84.3 Å². The number of phosphoric ester groups is 1. The molecule has 3 N–H and O–H groups in total. The van der Waals surface area contributed by atoms with Crippen molar-refractivity contribution in [3.8, 4) is 5.88 Å². The molecule has 1 saturated heterocycles. The Morgan fingerprint density at radius 2 is 1.88 bits per heavy atom. The van der Waals surface area contributed by atoms with Crippen LogP contribution in [0.3, 0.4) is 0 Å². The number of benzene rings is 1. The van der Waals surface area contributed by atoms with E-state index >= 15 is 0 Å². The molecule has 4 heterocycles. The minimum Gasteiger partial charge on any atom is -0.856 e. The average Bonchev–Trinajstić information content (AvgIpc) is 3.72. The van der Waals surface area contributed by atoms with Crippen molar-refractivity contribution in [1.82, 2.24) is 23.9 Å². The van der Waals surface area contributed by atoms with Gasteiger partial charge in [0.2, 0.25) is 14.0 Å². The summed E-state index contributed by atoms with van der Waals surface area (Å²) in [5.74, 6) is -1.08. The van der Waals surface area contributed by atoms with E-state index in [0.717, 1.165) is 18.7 Å². The molecule has 3 aromatic heterocycles. The number of hydrogen-bond acceptors (Lipinski definition) is 17. The predicted octanol–water partition coefficient (Wildman–Crippen LogP) is -6.05. The minimum atomic E-state index is -5.57. The van der Waals surface area contributed by atoms with Gasteiger partial charge in [0.1, 0.15) is 31.4 Å². The van der Waals surface area contributed by atoms with Crippen molar-refractivity contribution in [3.05, 3.63) is 65.0 Å². The predicted molar refractivity (Wildman–Crippen MR) is 158 cm³/mol. The molecule has 0 saturated carbocycles. The number of nitro groups is 1. The van der Waals surface area contributed by atoms with Crippen LogP contribution in [0.15, 0.2) is 49.3 Å². The normalized spacial score (nSPS) is 22.0. The number of hydrogen-bond donors (Lipinski definition) is 2. The van der Waals surface area contributed by atoms with Crippen LogP contribution in [0.25, 0.3) is 11.2 Å². The molecule has 4 aromatic rings. The van der Waals surface area contributed by atoms with Crippen LogP contribution in [0.1, 0.15) is 38.7 Å². The zero-order valence-electron chi connectivity index (χ0n) is 28.4. The zero-order valence-corrected chi connectivity index (χ0v) is 34.2. The van der Waals surface area contributed by atoms with Crippen LogP contribution in [0, 0.1) is 15.5 Å². The number of rotatable bonds is 13. The van der Waals surface area contributed by atoms with Gasteiger partial charge in [-0.25, -0.2) is 14.5 Å². The van der Waals surface area contributed by atoms with E-state index in [0.29, 0.717) is 4.34 Å². The van der Waals surface area contributed by atoms with Gasteiger partial charge in [-0.3, -0.25) is 32.5 Å². The zero-order chi connectivity index (χ0) is 35.9. The number of ether oxygens (including phenoxy) is 3. The number of aliphatic hydroxyl groups is 1. The molecule has 5 rings (SSSR count). The molecule has 0 radical (unpaired) electrons. The summed E-state index contributed by atoms with van der Waals surface area (Å²) >= 11 is 0. The number of nitrogens with zero attached hydrogens (tertiary/aromatic N) is 7. The van der Waals surface area contributed by atoms with Crippen molar-refractivity contribution in [2.24, 2.45) is 12.5 Å². The van der Waals surface area contributed by atoms with E-state index in [9.17, 15) is 39.2 Å². The van der Waals surface area contributed by atoms with Crippen molar-refractivity contribution < 1.29 is 121 Å². The van der Waals surface area contributed by atoms with Crippen molar-refractivity contribution >= 4 is 38.4 Å². The first kappa shape index (κ1) is 43.5. The van der Waals surface area contributed by atoms with Gasteiger partial charge in [-0.15, -0.1) is 0 Å². The van der Waals surface area contributed by atoms with Gasteiger partial charge in [0, 0.05) is 24.3 Å². The summed E-state index contributed by atoms with van der Waals surface area (Å²) < 4.78 is 54.9. The number of imidazole rings is 2. The third-order valence-electron chi connectivity index (χ3n) is 7.40. The first-order chi connectivity index (χ1) is 22.9. The molecule has 0 aliphatic carbocycles. The standard InChI is InChI=1S/C26H34N8O13P2.2Na/c1-26(2,3)21(15-7-5-6-8-16(15)34(37)38)44-14-43-20-19(35)17(11-45-49(41,42)47-48(39,40)32-10-9-28-12-32)46-24(20)33-13-31(4)18-22(33)29-25(27)30-23(18)36;;/h5-10,12-13,17,19-21,24,35H,11,14H2,1-4H3,(H4-,27,29,30,36,39,40,41,42);;/q;2*+1/p-2/t17-,19?,20+,21?,24-;;/m1../s1. The Kier molecular flexibility index (Phi) is 14.6. The van der Waals surface area contributed by atoms with Gasteiger partial charge in [-0.2, -0.15) is 0 Å². The van der Waals surface area contributed by atoms with E-state index in [1.165, 1.54) is 34.6 Å². The van der Waals surface area contributed by atoms with Gasteiger partial charge < -0.3 is 44.5 Å². The number of nitro benzene ring substituents is 1. The van der Waals surface area contributed by atoms with Gasteiger partial charge in [0.05, 0.1) is 30.2 Å².